The van der Waals surface area contributed by atoms with Crippen LogP contribution in [0.25, 0.3) is 0 Å². The zero-order valence-corrected chi connectivity index (χ0v) is 17.7. The molecular formula is C16H16Br2N2O4S. The molecule has 0 fully saturated rings. The van der Waals surface area contributed by atoms with Gasteiger partial charge in [0.1, 0.15) is 10.6 Å². The quantitative estimate of drug-likeness (QED) is 0.691. The van der Waals surface area contributed by atoms with Gasteiger partial charge in [-0.2, -0.15) is 0 Å². The number of benzene rings is 2. The molecule has 2 aromatic rings. The normalized spacial score (nSPS) is 11.4. The Morgan fingerprint density at radius 1 is 1.12 bits per heavy atom. The van der Waals surface area contributed by atoms with Gasteiger partial charge >= 0.3 is 0 Å². The summed E-state index contributed by atoms with van der Waals surface area (Å²) in [5.74, 6) is -0.254. The minimum Gasteiger partial charge on any atom is -0.495 e. The van der Waals surface area contributed by atoms with Crippen molar-refractivity contribution in [1.82, 2.24) is 4.31 Å². The van der Waals surface area contributed by atoms with Crippen LogP contribution in [0.4, 0.5) is 5.69 Å². The van der Waals surface area contributed by atoms with Gasteiger partial charge in [0, 0.05) is 28.6 Å². The predicted molar refractivity (Wildman–Crippen MR) is 104 cm³/mol. The fraction of sp³-hybridized carbons (Fsp3) is 0.188. The number of carbonyl (C=O) groups is 1. The maximum Gasteiger partial charge on any atom is 0.255 e. The Hall–Kier alpha value is -1.42. The van der Waals surface area contributed by atoms with E-state index in [1.54, 1.807) is 18.2 Å². The fourth-order valence-corrected chi connectivity index (χ4v) is 4.22. The second-order valence-corrected chi connectivity index (χ2v) is 9.12. The lowest BCUT2D eigenvalue weighted by molar-refractivity contribution is 0.102. The van der Waals surface area contributed by atoms with Crippen molar-refractivity contribution in [3.63, 3.8) is 0 Å². The van der Waals surface area contributed by atoms with E-state index in [2.05, 4.69) is 37.2 Å². The summed E-state index contributed by atoms with van der Waals surface area (Å²) in [6, 6.07) is 9.59. The molecule has 0 aliphatic rings. The number of amides is 1. The van der Waals surface area contributed by atoms with E-state index in [1.807, 2.05) is 0 Å². The van der Waals surface area contributed by atoms with Gasteiger partial charge in [0.2, 0.25) is 10.0 Å². The van der Waals surface area contributed by atoms with E-state index in [0.717, 1.165) is 8.78 Å². The number of hydrogen-bond acceptors (Lipinski definition) is 4. The van der Waals surface area contributed by atoms with Crippen molar-refractivity contribution in [3.8, 4) is 5.75 Å². The Labute approximate surface area is 163 Å². The van der Waals surface area contributed by atoms with Crippen molar-refractivity contribution in [2.24, 2.45) is 0 Å². The molecule has 0 heterocycles. The van der Waals surface area contributed by atoms with Crippen LogP contribution in [0, 0.1) is 0 Å². The molecule has 0 bridgehead atoms. The van der Waals surface area contributed by atoms with Crippen molar-refractivity contribution >= 4 is 53.5 Å². The highest BCUT2D eigenvalue weighted by molar-refractivity contribution is 9.11. The first-order valence-electron chi connectivity index (χ1n) is 7.03. The lowest BCUT2D eigenvalue weighted by atomic mass is 10.2. The number of carbonyl (C=O) groups excluding carboxylic acids is 1. The van der Waals surface area contributed by atoms with Gasteiger partial charge < -0.3 is 10.1 Å². The lowest BCUT2D eigenvalue weighted by Crippen LogP contribution is -2.23. The first-order valence-corrected chi connectivity index (χ1v) is 10.1. The van der Waals surface area contributed by atoms with Gasteiger partial charge in [-0.05, 0) is 52.3 Å². The van der Waals surface area contributed by atoms with Gasteiger partial charge in [-0.3, -0.25) is 4.79 Å². The Morgan fingerprint density at radius 3 is 2.36 bits per heavy atom. The van der Waals surface area contributed by atoms with E-state index in [1.165, 1.54) is 39.4 Å². The van der Waals surface area contributed by atoms with Gasteiger partial charge in [-0.15, -0.1) is 0 Å². The van der Waals surface area contributed by atoms with Crippen LogP contribution >= 0.6 is 31.9 Å². The number of halogens is 2. The van der Waals surface area contributed by atoms with Crippen molar-refractivity contribution in [2.75, 3.05) is 26.5 Å². The van der Waals surface area contributed by atoms with Crippen LogP contribution in [0.2, 0.25) is 0 Å². The third-order valence-electron chi connectivity index (χ3n) is 3.36. The smallest absolute Gasteiger partial charge is 0.255 e. The molecule has 25 heavy (non-hydrogen) atoms. The van der Waals surface area contributed by atoms with Gasteiger partial charge in [-0.25, -0.2) is 12.7 Å². The molecule has 0 aliphatic carbocycles. The zero-order chi connectivity index (χ0) is 18.8. The molecule has 0 saturated carbocycles. The number of methoxy groups -OCH3 is 1. The number of nitrogens with one attached hydrogen (secondary N) is 1. The molecule has 0 unspecified atom stereocenters. The summed E-state index contributed by atoms with van der Waals surface area (Å²) >= 11 is 6.71. The molecule has 1 N–H and O–H groups in total. The first-order chi connectivity index (χ1) is 11.7. The number of anilines is 1. The summed E-state index contributed by atoms with van der Waals surface area (Å²) in [6.07, 6.45) is 0. The summed E-state index contributed by atoms with van der Waals surface area (Å²) in [5, 5.41) is 2.74. The number of sulfonamides is 1. The van der Waals surface area contributed by atoms with E-state index < -0.39 is 15.9 Å². The van der Waals surface area contributed by atoms with Crippen LogP contribution in [-0.4, -0.2) is 39.8 Å². The van der Waals surface area contributed by atoms with Crippen molar-refractivity contribution in [2.45, 2.75) is 4.90 Å². The molecule has 2 rings (SSSR count). The summed E-state index contributed by atoms with van der Waals surface area (Å²) < 4.78 is 32.6. The molecule has 134 valence electrons. The monoisotopic (exact) mass is 490 g/mol. The summed E-state index contributed by atoms with van der Waals surface area (Å²) in [4.78, 5) is 12.4. The van der Waals surface area contributed by atoms with Crippen molar-refractivity contribution in [3.05, 3.63) is 50.9 Å². The van der Waals surface area contributed by atoms with Crippen LogP contribution in [-0.2, 0) is 10.0 Å². The van der Waals surface area contributed by atoms with Gasteiger partial charge in [0.25, 0.3) is 5.91 Å². The number of ether oxygens (including phenoxy) is 1. The Morgan fingerprint density at radius 2 is 1.80 bits per heavy atom. The molecule has 9 heteroatoms. The zero-order valence-electron chi connectivity index (χ0n) is 13.7. The number of nitrogens with zero attached hydrogens (tertiary/aromatic N) is 1. The molecule has 2 aromatic carbocycles. The number of hydrogen-bond donors (Lipinski definition) is 1. The summed E-state index contributed by atoms with van der Waals surface area (Å²) in [7, 11) is 0.462. The van der Waals surface area contributed by atoms with Gasteiger partial charge in [0.15, 0.2) is 0 Å². The molecular weight excluding hydrogens is 476 g/mol. The average molecular weight is 492 g/mol. The second kappa shape index (κ2) is 7.86. The maximum atomic E-state index is 12.5. The second-order valence-electron chi connectivity index (χ2n) is 5.23. The first kappa shape index (κ1) is 19.9. The molecule has 0 aromatic heterocycles. The van der Waals surface area contributed by atoms with Crippen LogP contribution in [0.5, 0.6) is 5.75 Å². The minimum absolute atomic E-state index is 0.0671. The third kappa shape index (κ3) is 4.41. The van der Waals surface area contributed by atoms with E-state index >= 15 is 0 Å². The maximum absolute atomic E-state index is 12.5. The van der Waals surface area contributed by atoms with Crippen molar-refractivity contribution in [1.29, 1.82) is 0 Å². The van der Waals surface area contributed by atoms with Gasteiger partial charge in [-0.1, -0.05) is 15.9 Å². The third-order valence-corrected chi connectivity index (χ3v) is 6.35. The van der Waals surface area contributed by atoms with E-state index in [0.29, 0.717) is 10.2 Å². The van der Waals surface area contributed by atoms with Crippen LogP contribution < -0.4 is 10.1 Å². The highest BCUT2D eigenvalue weighted by Gasteiger charge is 2.24. The Kier molecular flexibility index (Phi) is 6.26. The van der Waals surface area contributed by atoms with Crippen molar-refractivity contribution < 1.29 is 17.9 Å². The average Bonchev–Trinajstić information content (AvgIpc) is 2.56. The summed E-state index contributed by atoms with van der Waals surface area (Å²) in [6.45, 7) is 0. The lowest BCUT2D eigenvalue weighted by Gasteiger charge is -2.15. The van der Waals surface area contributed by atoms with Gasteiger partial charge in [0.05, 0.1) is 12.8 Å². The standard InChI is InChI=1S/C16H16Br2N2O4S/c1-20(2)25(22,23)15-8-10(4-7-14(15)24-3)16(21)19-13-6-5-11(17)9-12(13)18/h4-9H,1-3H3,(H,19,21). The number of rotatable bonds is 5. The minimum atomic E-state index is -3.75. The molecule has 0 aliphatic heterocycles. The SMILES string of the molecule is COc1ccc(C(=O)Nc2ccc(Br)cc2Br)cc1S(=O)(=O)N(C)C. The molecule has 0 atom stereocenters. The molecule has 1 amide bonds. The highest BCUT2D eigenvalue weighted by atomic mass is 79.9. The van der Waals surface area contributed by atoms with Crippen LogP contribution in [0.3, 0.4) is 0 Å². The molecule has 0 saturated heterocycles. The fourth-order valence-electron chi connectivity index (χ4n) is 2.00. The Bertz CT molecular complexity index is 914. The van der Waals surface area contributed by atoms with E-state index in [-0.39, 0.29) is 16.2 Å². The topological polar surface area (TPSA) is 75.7 Å². The summed E-state index contributed by atoms with van der Waals surface area (Å²) in [5.41, 5.74) is 0.775. The molecule has 6 nitrogen and oxygen atoms in total. The van der Waals surface area contributed by atoms with Crippen LogP contribution in [0.15, 0.2) is 50.2 Å². The molecule has 0 spiro atoms. The van der Waals surface area contributed by atoms with Crippen LogP contribution in [0.1, 0.15) is 10.4 Å². The van der Waals surface area contributed by atoms with E-state index in [4.69, 9.17) is 4.74 Å². The largest absolute Gasteiger partial charge is 0.495 e. The van der Waals surface area contributed by atoms with E-state index in [9.17, 15) is 13.2 Å². The highest BCUT2D eigenvalue weighted by Crippen LogP contribution is 2.29. The predicted octanol–water partition coefficient (Wildman–Crippen LogP) is 3.72. The molecule has 0 radical (unpaired) electrons. The Balaban J connectivity index is 2.41.